The van der Waals surface area contributed by atoms with Gasteiger partial charge in [-0.05, 0) is 48.9 Å². The molecule has 2 amide bonds. The number of likely N-dealkylation sites (tertiary alicyclic amines) is 2. The highest BCUT2D eigenvalue weighted by atomic mass is 33.1. The molecule has 0 aliphatic carbocycles. The molecule has 2 saturated heterocycles. The molecule has 0 unspecified atom stereocenters. The maximum absolute atomic E-state index is 12.5. The quantitative estimate of drug-likeness (QED) is 0.522. The third-order valence-corrected chi connectivity index (χ3v) is 9.42. The van der Waals surface area contributed by atoms with Crippen molar-refractivity contribution in [3.8, 4) is 0 Å². The van der Waals surface area contributed by atoms with Crippen LogP contribution in [-0.4, -0.2) is 68.3 Å². The Hall–Kier alpha value is -2.06. The first-order chi connectivity index (χ1) is 15.7. The van der Waals surface area contributed by atoms with Gasteiger partial charge in [0.2, 0.25) is 11.8 Å². The van der Waals surface area contributed by atoms with E-state index >= 15 is 0 Å². The lowest BCUT2D eigenvalue weighted by atomic mass is 10.1. The molecule has 2 aromatic rings. The monoisotopic (exact) mass is 470 g/mol. The van der Waals surface area contributed by atoms with Gasteiger partial charge in [-0.25, -0.2) is 0 Å². The van der Waals surface area contributed by atoms with Gasteiger partial charge in [-0.1, -0.05) is 33.7 Å². The Morgan fingerprint density at radius 1 is 0.812 bits per heavy atom. The van der Waals surface area contributed by atoms with E-state index in [2.05, 4.69) is 9.97 Å². The van der Waals surface area contributed by atoms with Crippen LogP contribution in [0.3, 0.4) is 0 Å². The molecule has 170 valence electrons. The average Bonchev–Trinajstić information content (AvgIpc) is 3.51. The Labute approximate surface area is 198 Å². The van der Waals surface area contributed by atoms with E-state index in [-0.39, 0.29) is 11.8 Å². The molecule has 2 aromatic heterocycles. The number of aromatic nitrogens is 2. The number of amides is 2. The molecule has 2 aliphatic heterocycles. The molecule has 0 N–H and O–H groups in total. The molecule has 0 aromatic carbocycles. The Bertz CT molecular complexity index is 811. The number of carbonyl (C=O) groups excluding carboxylic acids is 2. The van der Waals surface area contributed by atoms with E-state index < -0.39 is 0 Å². The van der Waals surface area contributed by atoms with Gasteiger partial charge in [-0.2, -0.15) is 0 Å². The predicted octanol–water partition coefficient (Wildman–Crippen LogP) is 3.63. The second kappa shape index (κ2) is 11.7. The van der Waals surface area contributed by atoms with Gasteiger partial charge in [0.05, 0.1) is 0 Å². The molecule has 0 spiro atoms. The molecule has 2 atom stereocenters. The lowest BCUT2D eigenvalue weighted by Gasteiger charge is -2.18. The van der Waals surface area contributed by atoms with Crippen LogP contribution >= 0.6 is 21.6 Å². The summed E-state index contributed by atoms with van der Waals surface area (Å²) in [6, 6.07) is 7.87. The summed E-state index contributed by atoms with van der Waals surface area (Å²) in [7, 11) is 3.81. The van der Waals surface area contributed by atoms with Crippen molar-refractivity contribution in [2.75, 3.05) is 26.2 Å². The molecule has 2 fully saturated rings. The standard InChI is InChI=1S/C24H30N4O2S2/c29-23(7-5-19-3-1-11-25-15-19)27-13-9-21(17-27)31-32-22-10-14-28(18-22)24(30)8-6-20-4-2-12-26-16-20/h1-4,11-12,15-16,21-22H,5-10,13-14,17-18H2/t21-,22-/m1/s1. The fourth-order valence-electron chi connectivity index (χ4n) is 4.13. The van der Waals surface area contributed by atoms with Crippen LogP contribution in [0.25, 0.3) is 0 Å². The zero-order chi connectivity index (χ0) is 22.2. The first-order valence-electron chi connectivity index (χ1n) is 11.3. The number of nitrogens with zero attached hydrogens (tertiary/aromatic N) is 4. The molecule has 0 bridgehead atoms. The van der Waals surface area contributed by atoms with Crippen LogP contribution < -0.4 is 0 Å². The van der Waals surface area contributed by atoms with Crippen LogP contribution in [0.5, 0.6) is 0 Å². The molecular formula is C24H30N4O2S2. The highest BCUT2D eigenvalue weighted by Gasteiger charge is 2.30. The third-order valence-electron chi connectivity index (χ3n) is 6.02. The number of carbonyl (C=O) groups is 2. The Kier molecular flexibility index (Phi) is 8.45. The van der Waals surface area contributed by atoms with Crippen LogP contribution in [0.4, 0.5) is 0 Å². The molecule has 0 radical (unpaired) electrons. The summed E-state index contributed by atoms with van der Waals surface area (Å²) < 4.78 is 0. The zero-order valence-corrected chi connectivity index (χ0v) is 19.9. The molecule has 6 nitrogen and oxygen atoms in total. The van der Waals surface area contributed by atoms with Gasteiger partial charge >= 0.3 is 0 Å². The van der Waals surface area contributed by atoms with Crippen molar-refractivity contribution >= 4 is 33.4 Å². The van der Waals surface area contributed by atoms with Gasteiger partial charge in [0, 0.05) is 74.3 Å². The minimum Gasteiger partial charge on any atom is -0.342 e. The van der Waals surface area contributed by atoms with Crippen molar-refractivity contribution in [1.82, 2.24) is 19.8 Å². The number of hydrogen-bond acceptors (Lipinski definition) is 6. The van der Waals surface area contributed by atoms with Crippen molar-refractivity contribution in [2.45, 2.75) is 49.0 Å². The zero-order valence-electron chi connectivity index (χ0n) is 18.3. The SMILES string of the molecule is O=C(CCc1cccnc1)N1CC[C@@H](SS[C@@H]2CCN(C(=O)CCc3cccnc3)C2)C1. The summed E-state index contributed by atoms with van der Waals surface area (Å²) in [5.74, 6) is 0.487. The van der Waals surface area contributed by atoms with Crippen LogP contribution in [0, 0.1) is 0 Å². The van der Waals surface area contributed by atoms with Crippen molar-refractivity contribution < 1.29 is 9.59 Å². The molecule has 4 rings (SSSR count). The third kappa shape index (κ3) is 6.72. The minimum atomic E-state index is 0.244. The number of aryl methyl sites for hydroxylation is 2. The summed E-state index contributed by atoms with van der Waals surface area (Å²) in [6.45, 7) is 3.38. The van der Waals surface area contributed by atoms with Gasteiger partial charge in [-0.15, -0.1) is 0 Å². The van der Waals surface area contributed by atoms with Gasteiger partial charge < -0.3 is 9.80 Å². The normalized spacial score (nSPS) is 20.6. The van der Waals surface area contributed by atoms with E-state index in [4.69, 9.17) is 0 Å². The van der Waals surface area contributed by atoms with Crippen molar-refractivity contribution in [3.05, 3.63) is 60.2 Å². The first kappa shape index (κ1) is 23.1. The second-order valence-corrected chi connectivity index (χ2v) is 11.3. The Morgan fingerprint density at radius 3 is 1.69 bits per heavy atom. The maximum atomic E-state index is 12.5. The minimum absolute atomic E-state index is 0.244. The topological polar surface area (TPSA) is 66.4 Å². The molecule has 2 aliphatic rings. The number of pyridine rings is 2. The first-order valence-corrected chi connectivity index (χ1v) is 13.6. The van der Waals surface area contributed by atoms with E-state index in [1.54, 1.807) is 12.4 Å². The van der Waals surface area contributed by atoms with Crippen molar-refractivity contribution in [2.24, 2.45) is 0 Å². The molecule has 8 heteroatoms. The highest BCUT2D eigenvalue weighted by Crippen LogP contribution is 2.39. The summed E-state index contributed by atoms with van der Waals surface area (Å²) in [4.78, 5) is 37.4. The number of rotatable bonds is 9. The largest absolute Gasteiger partial charge is 0.342 e. The lowest BCUT2D eigenvalue weighted by molar-refractivity contribution is -0.130. The van der Waals surface area contributed by atoms with Crippen LogP contribution in [-0.2, 0) is 22.4 Å². The van der Waals surface area contributed by atoms with Crippen LogP contribution in [0.2, 0.25) is 0 Å². The van der Waals surface area contributed by atoms with Gasteiger partial charge in [-0.3, -0.25) is 19.6 Å². The fourth-order valence-corrected chi connectivity index (χ4v) is 7.22. The summed E-state index contributed by atoms with van der Waals surface area (Å²) >= 11 is 0. The molecule has 4 heterocycles. The number of hydrogen-bond donors (Lipinski definition) is 0. The van der Waals surface area contributed by atoms with Gasteiger partial charge in [0.1, 0.15) is 0 Å². The summed E-state index contributed by atoms with van der Waals surface area (Å²) in [6.07, 6.45) is 11.9. The smallest absolute Gasteiger partial charge is 0.222 e. The maximum Gasteiger partial charge on any atom is 0.222 e. The van der Waals surface area contributed by atoms with E-state index in [0.717, 1.165) is 63.0 Å². The van der Waals surface area contributed by atoms with E-state index in [0.29, 0.717) is 23.3 Å². The predicted molar refractivity (Wildman–Crippen MR) is 130 cm³/mol. The lowest BCUT2D eigenvalue weighted by Crippen LogP contribution is -2.29. The Morgan fingerprint density at radius 2 is 1.28 bits per heavy atom. The van der Waals surface area contributed by atoms with E-state index in [1.165, 1.54) is 0 Å². The summed E-state index contributed by atoms with van der Waals surface area (Å²) in [5.41, 5.74) is 2.23. The molecule has 0 saturated carbocycles. The van der Waals surface area contributed by atoms with E-state index in [9.17, 15) is 9.59 Å². The fraction of sp³-hybridized carbons (Fsp3) is 0.500. The van der Waals surface area contributed by atoms with Crippen molar-refractivity contribution in [3.63, 3.8) is 0 Å². The molecule has 32 heavy (non-hydrogen) atoms. The summed E-state index contributed by atoms with van der Waals surface area (Å²) in [5, 5.41) is 0.968. The Balaban J connectivity index is 1.12. The average molecular weight is 471 g/mol. The van der Waals surface area contributed by atoms with E-state index in [1.807, 2.05) is 68.0 Å². The molecular weight excluding hydrogens is 440 g/mol. The van der Waals surface area contributed by atoms with Crippen LogP contribution in [0.1, 0.15) is 36.8 Å². The second-order valence-electron chi connectivity index (χ2n) is 8.42. The van der Waals surface area contributed by atoms with Crippen LogP contribution in [0.15, 0.2) is 49.1 Å². The van der Waals surface area contributed by atoms with Gasteiger partial charge in [0.15, 0.2) is 0 Å². The highest BCUT2D eigenvalue weighted by molar-refractivity contribution is 8.77. The van der Waals surface area contributed by atoms with Gasteiger partial charge in [0.25, 0.3) is 0 Å². The van der Waals surface area contributed by atoms with Crippen molar-refractivity contribution in [1.29, 1.82) is 0 Å².